The summed E-state index contributed by atoms with van der Waals surface area (Å²) in [5.74, 6) is 0.741. The molecule has 0 spiro atoms. The van der Waals surface area contributed by atoms with Crippen LogP contribution in [-0.2, 0) is 0 Å². The maximum atomic E-state index is 3.78. The third kappa shape index (κ3) is 2.14. The molecule has 0 aliphatic heterocycles. The molecule has 0 aromatic carbocycles. The summed E-state index contributed by atoms with van der Waals surface area (Å²) in [4.78, 5) is 1.42. The van der Waals surface area contributed by atoms with E-state index in [0.29, 0.717) is 16.9 Å². The number of aryl methyl sites for hydroxylation is 1. The molecule has 18 heavy (non-hydrogen) atoms. The summed E-state index contributed by atoms with van der Waals surface area (Å²) in [5.41, 5.74) is 2.37. The van der Waals surface area contributed by atoms with Crippen molar-refractivity contribution < 1.29 is 0 Å². The van der Waals surface area contributed by atoms with Gasteiger partial charge in [-0.15, -0.1) is 11.3 Å². The molecule has 1 aromatic heterocycles. The van der Waals surface area contributed by atoms with Crippen molar-refractivity contribution in [3.8, 4) is 0 Å². The zero-order chi connectivity index (χ0) is 13.6. The topological polar surface area (TPSA) is 12.0 Å². The van der Waals surface area contributed by atoms with Crippen LogP contribution in [0.1, 0.15) is 57.5 Å². The smallest absolute Gasteiger partial charge is 0.0367 e. The summed E-state index contributed by atoms with van der Waals surface area (Å²) < 4.78 is 0. The fourth-order valence-corrected chi connectivity index (χ4v) is 4.18. The second-order valence-electron chi connectivity index (χ2n) is 6.84. The zero-order valence-electron chi connectivity index (χ0n) is 12.6. The summed E-state index contributed by atoms with van der Waals surface area (Å²) >= 11 is 1.87. The fraction of sp³-hybridized carbons (Fsp3) is 0.750. The number of hydrogen-bond acceptors (Lipinski definition) is 2. The molecule has 1 aliphatic carbocycles. The van der Waals surface area contributed by atoms with Gasteiger partial charge in [-0.25, -0.2) is 0 Å². The van der Waals surface area contributed by atoms with E-state index in [1.165, 1.54) is 16.9 Å². The van der Waals surface area contributed by atoms with Crippen LogP contribution in [0.3, 0.4) is 0 Å². The van der Waals surface area contributed by atoms with Gasteiger partial charge in [-0.05, 0) is 53.6 Å². The van der Waals surface area contributed by atoms with E-state index >= 15 is 0 Å². The highest BCUT2D eigenvalue weighted by atomic mass is 32.1. The first kappa shape index (κ1) is 14.1. The van der Waals surface area contributed by atoms with E-state index in [1.54, 1.807) is 0 Å². The van der Waals surface area contributed by atoms with Gasteiger partial charge in [0.05, 0.1) is 0 Å². The minimum absolute atomic E-state index is 0.439. The van der Waals surface area contributed by atoms with Crippen molar-refractivity contribution in [2.24, 2.45) is 16.7 Å². The largest absolute Gasteiger partial charge is 0.310 e. The molecular formula is C16H27NS. The van der Waals surface area contributed by atoms with Gasteiger partial charge in [0.2, 0.25) is 0 Å². The highest BCUT2D eigenvalue weighted by molar-refractivity contribution is 7.10. The predicted molar refractivity (Wildman–Crippen MR) is 81.1 cm³/mol. The number of nitrogens with one attached hydrogen (secondary N) is 1. The molecule has 1 heterocycles. The van der Waals surface area contributed by atoms with Crippen molar-refractivity contribution in [2.75, 3.05) is 6.54 Å². The van der Waals surface area contributed by atoms with Gasteiger partial charge in [-0.3, -0.25) is 0 Å². The molecule has 1 aliphatic rings. The van der Waals surface area contributed by atoms with Gasteiger partial charge < -0.3 is 5.32 Å². The average molecular weight is 265 g/mol. The normalized spacial score (nSPS) is 23.0. The monoisotopic (exact) mass is 265 g/mol. The number of hydrogen-bond donors (Lipinski definition) is 1. The quantitative estimate of drug-likeness (QED) is 0.808. The van der Waals surface area contributed by atoms with Crippen molar-refractivity contribution in [1.82, 2.24) is 5.32 Å². The second kappa shape index (κ2) is 4.64. The lowest BCUT2D eigenvalue weighted by Gasteiger charge is -2.20. The van der Waals surface area contributed by atoms with Gasteiger partial charge in [-0.2, -0.15) is 0 Å². The summed E-state index contributed by atoms with van der Waals surface area (Å²) in [6.45, 7) is 15.2. The van der Waals surface area contributed by atoms with Gasteiger partial charge in [0.25, 0.3) is 0 Å². The third-order valence-electron chi connectivity index (χ3n) is 5.19. The second-order valence-corrected chi connectivity index (χ2v) is 7.96. The standard InChI is InChI=1S/C16H27NS/c1-7-8-17-13(12-9-11(2)18-10-12)14-15(3,4)16(14,5)6/h9-10,13-14,17H,7-8H2,1-6H3. The lowest BCUT2D eigenvalue weighted by atomic mass is 9.98. The summed E-state index contributed by atoms with van der Waals surface area (Å²) in [6, 6.07) is 2.89. The Bertz CT molecular complexity index is 402. The van der Waals surface area contributed by atoms with Crippen LogP contribution in [0.15, 0.2) is 11.4 Å². The number of thiophene rings is 1. The van der Waals surface area contributed by atoms with E-state index in [1.807, 2.05) is 11.3 Å². The van der Waals surface area contributed by atoms with Crippen molar-refractivity contribution in [3.63, 3.8) is 0 Å². The Morgan fingerprint density at radius 1 is 1.28 bits per heavy atom. The van der Waals surface area contributed by atoms with Crippen LogP contribution in [0.2, 0.25) is 0 Å². The average Bonchev–Trinajstić information content (AvgIpc) is 2.64. The molecule has 1 saturated carbocycles. The van der Waals surface area contributed by atoms with E-state index in [2.05, 4.69) is 58.3 Å². The van der Waals surface area contributed by atoms with Crippen LogP contribution < -0.4 is 5.32 Å². The van der Waals surface area contributed by atoms with Crippen molar-refractivity contribution >= 4 is 11.3 Å². The maximum absolute atomic E-state index is 3.78. The first-order valence-electron chi connectivity index (χ1n) is 7.10. The van der Waals surface area contributed by atoms with Crippen molar-refractivity contribution in [2.45, 2.75) is 54.0 Å². The van der Waals surface area contributed by atoms with E-state index in [0.717, 1.165) is 12.5 Å². The SMILES string of the molecule is CCCNC(c1csc(C)c1)C1C(C)(C)C1(C)C. The van der Waals surface area contributed by atoms with Crippen LogP contribution >= 0.6 is 11.3 Å². The Morgan fingerprint density at radius 3 is 2.28 bits per heavy atom. The van der Waals surface area contributed by atoms with Gasteiger partial charge in [0.1, 0.15) is 0 Å². The molecule has 1 nitrogen and oxygen atoms in total. The maximum Gasteiger partial charge on any atom is 0.0367 e. The van der Waals surface area contributed by atoms with Crippen LogP contribution in [0.5, 0.6) is 0 Å². The van der Waals surface area contributed by atoms with E-state index < -0.39 is 0 Å². The minimum Gasteiger partial charge on any atom is -0.310 e. The molecule has 0 radical (unpaired) electrons. The molecule has 1 fully saturated rings. The molecule has 0 amide bonds. The van der Waals surface area contributed by atoms with Crippen LogP contribution in [-0.4, -0.2) is 6.54 Å². The first-order valence-corrected chi connectivity index (χ1v) is 7.98. The van der Waals surface area contributed by atoms with Crippen LogP contribution in [0.25, 0.3) is 0 Å². The molecule has 0 bridgehead atoms. The van der Waals surface area contributed by atoms with E-state index in [9.17, 15) is 0 Å². The third-order valence-corrected chi connectivity index (χ3v) is 6.07. The van der Waals surface area contributed by atoms with Crippen LogP contribution in [0, 0.1) is 23.7 Å². The lowest BCUT2D eigenvalue weighted by Crippen LogP contribution is -2.25. The highest BCUT2D eigenvalue weighted by Gasteiger charge is 2.67. The molecule has 1 unspecified atom stereocenters. The molecular weight excluding hydrogens is 238 g/mol. The van der Waals surface area contributed by atoms with E-state index in [-0.39, 0.29) is 0 Å². The fourth-order valence-electron chi connectivity index (χ4n) is 3.44. The highest BCUT2D eigenvalue weighted by Crippen LogP contribution is 2.72. The molecule has 1 aromatic rings. The molecule has 102 valence electrons. The van der Waals surface area contributed by atoms with Crippen molar-refractivity contribution in [3.05, 3.63) is 21.9 Å². The molecule has 1 N–H and O–H groups in total. The van der Waals surface area contributed by atoms with E-state index in [4.69, 9.17) is 0 Å². The van der Waals surface area contributed by atoms with Gasteiger partial charge >= 0.3 is 0 Å². The van der Waals surface area contributed by atoms with Gasteiger partial charge in [0, 0.05) is 10.9 Å². The lowest BCUT2D eigenvalue weighted by molar-refractivity contribution is 0.411. The Balaban J connectivity index is 2.22. The van der Waals surface area contributed by atoms with Gasteiger partial charge in [-0.1, -0.05) is 34.6 Å². The Hall–Kier alpha value is -0.340. The molecule has 2 rings (SSSR count). The van der Waals surface area contributed by atoms with Gasteiger partial charge in [0.15, 0.2) is 0 Å². The summed E-state index contributed by atoms with van der Waals surface area (Å²) in [5, 5.41) is 6.12. The molecule has 0 saturated heterocycles. The summed E-state index contributed by atoms with van der Waals surface area (Å²) in [7, 11) is 0. The predicted octanol–water partition coefficient (Wildman–Crippen LogP) is 4.78. The molecule has 2 heteroatoms. The zero-order valence-corrected chi connectivity index (χ0v) is 13.4. The van der Waals surface area contributed by atoms with Crippen LogP contribution in [0.4, 0.5) is 0 Å². The number of rotatable bonds is 5. The molecule has 1 atom stereocenters. The Morgan fingerprint density at radius 2 is 1.89 bits per heavy atom. The summed E-state index contributed by atoms with van der Waals surface area (Å²) in [6.07, 6.45) is 1.20. The Kier molecular flexibility index (Phi) is 3.63. The minimum atomic E-state index is 0.439. The first-order chi connectivity index (χ1) is 8.32. The van der Waals surface area contributed by atoms with Crippen molar-refractivity contribution in [1.29, 1.82) is 0 Å². The Labute approximate surface area is 116 Å².